The summed E-state index contributed by atoms with van der Waals surface area (Å²) < 4.78 is 2.92. The number of rotatable bonds is 6. The summed E-state index contributed by atoms with van der Waals surface area (Å²) in [5.74, 6) is -0.806. The highest BCUT2D eigenvalue weighted by Crippen LogP contribution is 2.14. The standard InChI is InChI=1S/C13H16BrN3O2/c1-2-4-16(9-13(18)19)7-11-8-17-5-3-10(14)6-12(17)15-11/h3,5-6,8H,2,4,7,9H2,1H3,(H,18,19). The number of halogens is 1. The van der Waals surface area contributed by atoms with Crippen molar-refractivity contribution < 1.29 is 9.90 Å². The summed E-state index contributed by atoms with van der Waals surface area (Å²) in [6.45, 7) is 3.39. The van der Waals surface area contributed by atoms with Crippen LogP contribution < -0.4 is 0 Å². The van der Waals surface area contributed by atoms with Crippen LogP contribution in [0.3, 0.4) is 0 Å². The summed E-state index contributed by atoms with van der Waals surface area (Å²) in [7, 11) is 0. The fourth-order valence-corrected chi connectivity index (χ4v) is 2.36. The Kier molecular flexibility index (Phi) is 4.55. The Morgan fingerprint density at radius 2 is 2.37 bits per heavy atom. The minimum Gasteiger partial charge on any atom is -0.480 e. The molecular weight excluding hydrogens is 310 g/mol. The topological polar surface area (TPSA) is 57.8 Å². The minimum absolute atomic E-state index is 0.0470. The lowest BCUT2D eigenvalue weighted by Gasteiger charge is -2.17. The summed E-state index contributed by atoms with van der Waals surface area (Å²) in [4.78, 5) is 17.2. The number of aliphatic carboxylic acids is 1. The van der Waals surface area contributed by atoms with Gasteiger partial charge in [-0.2, -0.15) is 0 Å². The number of carboxylic acid groups (broad SMARTS) is 1. The average molecular weight is 326 g/mol. The van der Waals surface area contributed by atoms with Crippen molar-refractivity contribution in [2.24, 2.45) is 0 Å². The van der Waals surface area contributed by atoms with Crippen LogP contribution in [0.2, 0.25) is 0 Å². The van der Waals surface area contributed by atoms with Crippen LogP contribution in [0.25, 0.3) is 5.65 Å². The van der Waals surface area contributed by atoms with Gasteiger partial charge in [-0.15, -0.1) is 0 Å². The normalized spacial score (nSPS) is 11.3. The van der Waals surface area contributed by atoms with Gasteiger partial charge < -0.3 is 9.51 Å². The Hall–Kier alpha value is -1.40. The zero-order valence-corrected chi connectivity index (χ0v) is 12.3. The smallest absolute Gasteiger partial charge is 0.317 e. The van der Waals surface area contributed by atoms with E-state index in [0.29, 0.717) is 6.54 Å². The number of nitrogens with zero attached hydrogens (tertiary/aromatic N) is 3. The molecule has 6 heteroatoms. The van der Waals surface area contributed by atoms with Gasteiger partial charge in [0.25, 0.3) is 0 Å². The predicted molar refractivity (Wildman–Crippen MR) is 76.1 cm³/mol. The molecule has 0 unspecified atom stereocenters. The second-order valence-corrected chi connectivity index (χ2v) is 5.36. The van der Waals surface area contributed by atoms with Crippen molar-refractivity contribution in [3.8, 4) is 0 Å². The van der Waals surface area contributed by atoms with E-state index in [0.717, 1.165) is 28.8 Å². The molecule has 0 atom stereocenters. The summed E-state index contributed by atoms with van der Waals surface area (Å²) >= 11 is 3.41. The Labute approximate surface area is 120 Å². The first kappa shape index (κ1) is 14.0. The molecule has 2 aromatic rings. The van der Waals surface area contributed by atoms with Crippen molar-refractivity contribution in [2.45, 2.75) is 19.9 Å². The Balaban J connectivity index is 2.16. The van der Waals surface area contributed by atoms with E-state index >= 15 is 0 Å². The molecule has 0 aromatic carbocycles. The Morgan fingerprint density at radius 3 is 3.05 bits per heavy atom. The zero-order chi connectivity index (χ0) is 13.8. The molecule has 1 N–H and O–H groups in total. The first-order valence-corrected chi connectivity index (χ1v) is 6.95. The van der Waals surface area contributed by atoms with Gasteiger partial charge in [0.1, 0.15) is 5.65 Å². The molecule has 19 heavy (non-hydrogen) atoms. The maximum atomic E-state index is 10.8. The monoisotopic (exact) mass is 325 g/mol. The highest BCUT2D eigenvalue weighted by Gasteiger charge is 2.11. The maximum absolute atomic E-state index is 10.8. The molecule has 2 rings (SSSR count). The molecule has 5 nitrogen and oxygen atoms in total. The highest BCUT2D eigenvalue weighted by molar-refractivity contribution is 9.10. The summed E-state index contributed by atoms with van der Waals surface area (Å²) in [5, 5.41) is 8.89. The molecule has 0 fully saturated rings. The molecule has 0 spiro atoms. The van der Waals surface area contributed by atoms with Crippen LogP contribution >= 0.6 is 15.9 Å². The number of pyridine rings is 1. The number of hydrogen-bond acceptors (Lipinski definition) is 3. The van der Waals surface area contributed by atoms with Gasteiger partial charge in [0.2, 0.25) is 0 Å². The van der Waals surface area contributed by atoms with Crippen molar-refractivity contribution in [3.63, 3.8) is 0 Å². The molecule has 0 aliphatic rings. The van der Waals surface area contributed by atoms with Crippen LogP contribution in [0.5, 0.6) is 0 Å². The van der Waals surface area contributed by atoms with Gasteiger partial charge >= 0.3 is 5.97 Å². The number of carbonyl (C=O) groups is 1. The van der Waals surface area contributed by atoms with Gasteiger partial charge in [-0.3, -0.25) is 9.69 Å². The molecule has 0 saturated heterocycles. The fourth-order valence-electron chi connectivity index (χ4n) is 2.04. The molecule has 0 aliphatic heterocycles. The van der Waals surface area contributed by atoms with Crippen molar-refractivity contribution in [3.05, 3.63) is 34.7 Å². The minimum atomic E-state index is -0.806. The predicted octanol–water partition coefficient (Wildman–Crippen LogP) is 2.39. The Bertz CT molecular complexity index is 582. The average Bonchev–Trinajstić information content (AvgIpc) is 2.69. The molecule has 0 bridgehead atoms. The molecule has 102 valence electrons. The lowest BCUT2D eigenvalue weighted by molar-refractivity contribution is -0.138. The molecule has 2 heterocycles. The fraction of sp³-hybridized carbons (Fsp3) is 0.385. The van der Waals surface area contributed by atoms with Crippen LogP contribution in [0, 0.1) is 0 Å². The zero-order valence-electron chi connectivity index (χ0n) is 10.7. The molecule has 0 radical (unpaired) electrons. The van der Waals surface area contributed by atoms with E-state index < -0.39 is 5.97 Å². The third-order valence-electron chi connectivity index (χ3n) is 2.76. The van der Waals surface area contributed by atoms with Crippen molar-refractivity contribution >= 4 is 27.5 Å². The Morgan fingerprint density at radius 1 is 1.58 bits per heavy atom. The third kappa shape index (κ3) is 3.78. The largest absolute Gasteiger partial charge is 0.480 e. The lowest BCUT2D eigenvalue weighted by Crippen LogP contribution is -2.30. The lowest BCUT2D eigenvalue weighted by atomic mass is 10.3. The summed E-state index contributed by atoms with van der Waals surface area (Å²) in [6, 6.07) is 3.88. The van der Waals surface area contributed by atoms with Gasteiger partial charge in [-0.05, 0) is 25.1 Å². The van der Waals surface area contributed by atoms with E-state index in [1.807, 2.05) is 40.8 Å². The first-order chi connectivity index (χ1) is 9.08. The number of carboxylic acids is 1. The van der Waals surface area contributed by atoms with Crippen LogP contribution in [0.1, 0.15) is 19.0 Å². The second kappa shape index (κ2) is 6.16. The van der Waals surface area contributed by atoms with Crippen LogP contribution in [-0.2, 0) is 11.3 Å². The van der Waals surface area contributed by atoms with Crippen molar-refractivity contribution in [2.75, 3.05) is 13.1 Å². The molecule has 0 amide bonds. The molecule has 0 aliphatic carbocycles. The first-order valence-electron chi connectivity index (χ1n) is 6.15. The van der Waals surface area contributed by atoms with Crippen LogP contribution in [0.4, 0.5) is 0 Å². The summed E-state index contributed by atoms with van der Waals surface area (Å²) in [5.41, 5.74) is 1.74. The summed E-state index contributed by atoms with van der Waals surface area (Å²) in [6.07, 6.45) is 4.79. The number of imidazole rings is 1. The van der Waals surface area contributed by atoms with Crippen LogP contribution in [-0.4, -0.2) is 38.4 Å². The van der Waals surface area contributed by atoms with E-state index in [9.17, 15) is 4.79 Å². The van der Waals surface area contributed by atoms with Gasteiger partial charge in [0.15, 0.2) is 0 Å². The van der Waals surface area contributed by atoms with Crippen molar-refractivity contribution in [1.29, 1.82) is 0 Å². The number of fused-ring (bicyclic) bond motifs is 1. The maximum Gasteiger partial charge on any atom is 0.317 e. The SMILES string of the molecule is CCCN(CC(=O)O)Cc1cn2ccc(Br)cc2n1. The highest BCUT2D eigenvalue weighted by atomic mass is 79.9. The molecule has 2 aromatic heterocycles. The van der Waals surface area contributed by atoms with E-state index in [2.05, 4.69) is 20.9 Å². The number of aromatic nitrogens is 2. The van der Waals surface area contributed by atoms with E-state index in [4.69, 9.17) is 5.11 Å². The van der Waals surface area contributed by atoms with Gasteiger partial charge in [0.05, 0.1) is 12.2 Å². The number of hydrogen-bond donors (Lipinski definition) is 1. The quantitative estimate of drug-likeness (QED) is 0.886. The second-order valence-electron chi connectivity index (χ2n) is 4.45. The third-order valence-corrected chi connectivity index (χ3v) is 3.25. The van der Waals surface area contributed by atoms with E-state index in [1.54, 1.807) is 0 Å². The van der Waals surface area contributed by atoms with Gasteiger partial charge in [0, 0.05) is 23.4 Å². The van der Waals surface area contributed by atoms with Gasteiger partial charge in [-0.25, -0.2) is 4.98 Å². The van der Waals surface area contributed by atoms with Gasteiger partial charge in [-0.1, -0.05) is 22.9 Å². The van der Waals surface area contributed by atoms with Crippen LogP contribution in [0.15, 0.2) is 29.0 Å². The molecule has 0 saturated carbocycles. The molecular formula is C13H16BrN3O2. The van der Waals surface area contributed by atoms with E-state index in [-0.39, 0.29) is 6.54 Å². The van der Waals surface area contributed by atoms with Crippen molar-refractivity contribution in [1.82, 2.24) is 14.3 Å². The van der Waals surface area contributed by atoms with E-state index in [1.165, 1.54) is 0 Å².